The Balaban J connectivity index is 2.16. The molecule has 0 aliphatic carbocycles. The molecule has 0 atom stereocenters. The van der Waals surface area contributed by atoms with Crippen LogP contribution in [0.5, 0.6) is 0 Å². The van der Waals surface area contributed by atoms with Crippen LogP contribution in [0.2, 0.25) is 0 Å². The number of halogens is 1. The standard InChI is InChI=1S/C10H14FN3O3S/c11-8-1-2-10(9(12)7-8)13-18(15,16)14-3-5-17-6-4-14/h1-2,7,13H,3-6,12H2. The van der Waals surface area contributed by atoms with Gasteiger partial charge >= 0.3 is 10.2 Å². The molecule has 2 rings (SSSR count). The minimum atomic E-state index is -3.67. The predicted molar refractivity (Wildman–Crippen MR) is 65.7 cm³/mol. The highest BCUT2D eigenvalue weighted by atomic mass is 32.2. The fraction of sp³-hybridized carbons (Fsp3) is 0.400. The Bertz CT molecular complexity index is 529. The van der Waals surface area contributed by atoms with Crippen LogP contribution in [0, 0.1) is 5.82 Å². The van der Waals surface area contributed by atoms with Crippen molar-refractivity contribution in [3.63, 3.8) is 0 Å². The lowest BCUT2D eigenvalue weighted by Gasteiger charge is -2.26. The fourth-order valence-corrected chi connectivity index (χ4v) is 2.84. The molecular formula is C10H14FN3O3S. The van der Waals surface area contributed by atoms with E-state index in [9.17, 15) is 12.8 Å². The number of ether oxygens (including phenoxy) is 1. The van der Waals surface area contributed by atoms with Gasteiger partial charge in [-0.05, 0) is 18.2 Å². The first-order valence-corrected chi connectivity index (χ1v) is 6.84. The highest BCUT2D eigenvalue weighted by molar-refractivity contribution is 7.90. The summed E-state index contributed by atoms with van der Waals surface area (Å²) in [5, 5.41) is 0. The number of anilines is 2. The van der Waals surface area contributed by atoms with Crippen molar-refractivity contribution in [2.75, 3.05) is 36.8 Å². The van der Waals surface area contributed by atoms with Gasteiger partial charge in [0.1, 0.15) is 5.82 Å². The number of hydrogen-bond donors (Lipinski definition) is 2. The second-order valence-corrected chi connectivity index (χ2v) is 5.52. The molecule has 18 heavy (non-hydrogen) atoms. The van der Waals surface area contributed by atoms with Gasteiger partial charge < -0.3 is 10.5 Å². The van der Waals surface area contributed by atoms with Gasteiger partial charge in [0.25, 0.3) is 0 Å². The molecular weight excluding hydrogens is 261 g/mol. The van der Waals surface area contributed by atoms with Crippen LogP contribution in [0.1, 0.15) is 0 Å². The van der Waals surface area contributed by atoms with Gasteiger partial charge in [0.2, 0.25) is 0 Å². The van der Waals surface area contributed by atoms with Gasteiger partial charge in [-0.25, -0.2) is 4.39 Å². The van der Waals surface area contributed by atoms with Gasteiger partial charge in [0.15, 0.2) is 0 Å². The molecule has 0 saturated carbocycles. The van der Waals surface area contributed by atoms with Gasteiger partial charge in [-0.15, -0.1) is 0 Å². The Morgan fingerprint density at radius 1 is 1.33 bits per heavy atom. The Hall–Kier alpha value is -1.38. The summed E-state index contributed by atoms with van der Waals surface area (Å²) in [6.45, 7) is 1.30. The molecule has 1 heterocycles. The largest absolute Gasteiger partial charge is 0.397 e. The van der Waals surface area contributed by atoms with Crippen molar-refractivity contribution in [3.8, 4) is 0 Å². The predicted octanol–water partition coefficient (Wildman–Crippen LogP) is 0.397. The van der Waals surface area contributed by atoms with E-state index in [1.165, 1.54) is 10.4 Å². The average molecular weight is 275 g/mol. The Labute approximate surface area is 105 Å². The van der Waals surface area contributed by atoms with Crippen molar-refractivity contribution < 1.29 is 17.5 Å². The monoisotopic (exact) mass is 275 g/mol. The number of nitrogens with zero attached hydrogens (tertiary/aromatic N) is 1. The minimum Gasteiger partial charge on any atom is -0.397 e. The van der Waals surface area contributed by atoms with Crippen LogP contribution < -0.4 is 10.5 Å². The Morgan fingerprint density at radius 3 is 2.61 bits per heavy atom. The summed E-state index contributed by atoms with van der Waals surface area (Å²) < 4.78 is 45.5. The third-order valence-corrected chi connectivity index (χ3v) is 4.09. The zero-order chi connectivity index (χ0) is 13.2. The van der Waals surface area contributed by atoms with E-state index in [0.717, 1.165) is 12.1 Å². The van der Waals surface area contributed by atoms with Gasteiger partial charge in [-0.3, -0.25) is 4.72 Å². The summed E-state index contributed by atoms with van der Waals surface area (Å²) in [4.78, 5) is 0. The van der Waals surface area contributed by atoms with Crippen molar-refractivity contribution in [1.29, 1.82) is 0 Å². The second kappa shape index (κ2) is 5.09. The molecule has 1 aromatic carbocycles. The number of morpholine rings is 1. The smallest absolute Gasteiger partial charge is 0.301 e. The second-order valence-electron chi connectivity index (χ2n) is 3.85. The average Bonchev–Trinajstić information content (AvgIpc) is 2.34. The summed E-state index contributed by atoms with van der Waals surface area (Å²) in [5.74, 6) is -0.512. The molecule has 6 nitrogen and oxygen atoms in total. The maximum absolute atomic E-state index is 12.9. The van der Waals surface area contributed by atoms with E-state index in [1.54, 1.807) is 0 Å². The highest BCUT2D eigenvalue weighted by Crippen LogP contribution is 2.21. The quantitative estimate of drug-likeness (QED) is 0.782. The van der Waals surface area contributed by atoms with E-state index in [4.69, 9.17) is 10.5 Å². The molecule has 1 aliphatic rings. The van der Waals surface area contributed by atoms with Crippen LogP contribution in [-0.4, -0.2) is 39.0 Å². The van der Waals surface area contributed by atoms with Crippen LogP contribution in [0.4, 0.5) is 15.8 Å². The molecule has 1 aliphatic heterocycles. The van der Waals surface area contributed by atoms with Crippen molar-refractivity contribution >= 4 is 21.6 Å². The van der Waals surface area contributed by atoms with E-state index >= 15 is 0 Å². The normalized spacial score (nSPS) is 17.6. The summed E-state index contributed by atoms with van der Waals surface area (Å²) in [7, 11) is -3.67. The lowest BCUT2D eigenvalue weighted by Crippen LogP contribution is -2.43. The SMILES string of the molecule is Nc1cc(F)ccc1NS(=O)(=O)N1CCOCC1. The number of hydrogen-bond acceptors (Lipinski definition) is 4. The van der Waals surface area contributed by atoms with Gasteiger partial charge in [0, 0.05) is 13.1 Å². The van der Waals surface area contributed by atoms with E-state index in [0.29, 0.717) is 13.2 Å². The summed E-state index contributed by atoms with van der Waals surface area (Å²) >= 11 is 0. The molecule has 100 valence electrons. The first-order chi connectivity index (χ1) is 8.49. The van der Waals surface area contributed by atoms with Gasteiger partial charge in [-0.1, -0.05) is 0 Å². The number of nitrogens with two attached hydrogens (primary N) is 1. The van der Waals surface area contributed by atoms with E-state index in [1.807, 2.05) is 0 Å². The topological polar surface area (TPSA) is 84.7 Å². The van der Waals surface area contributed by atoms with E-state index in [-0.39, 0.29) is 24.5 Å². The van der Waals surface area contributed by atoms with Gasteiger partial charge in [0.05, 0.1) is 24.6 Å². The molecule has 0 spiro atoms. The first-order valence-electron chi connectivity index (χ1n) is 5.40. The fourth-order valence-electron chi connectivity index (χ4n) is 1.62. The zero-order valence-electron chi connectivity index (χ0n) is 9.60. The summed E-state index contributed by atoms with van der Waals surface area (Å²) in [5.41, 5.74) is 5.77. The highest BCUT2D eigenvalue weighted by Gasteiger charge is 2.24. The van der Waals surface area contributed by atoms with E-state index < -0.39 is 16.0 Å². The van der Waals surface area contributed by atoms with Crippen molar-refractivity contribution in [2.24, 2.45) is 0 Å². The number of nitrogens with one attached hydrogen (secondary N) is 1. The summed E-state index contributed by atoms with van der Waals surface area (Å²) in [6.07, 6.45) is 0. The van der Waals surface area contributed by atoms with Gasteiger partial charge in [-0.2, -0.15) is 12.7 Å². The van der Waals surface area contributed by atoms with E-state index in [2.05, 4.69) is 4.72 Å². The lowest BCUT2D eigenvalue weighted by atomic mass is 10.3. The Kier molecular flexibility index (Phi) is 3.69. The molecule has 0 bridgehead atoms. The molecule has 1 aromatic rings. The maximum Gasteiger partial charge on any atom is 0.301 e. The van der Waals surface area contributed by atoms with Crippen LogP contribution in [-0.2, 0) is 14.9 Å². The van der Waals surface area contributed by atoms with Crippen molar-refractivity contribution in [3.05, 3.63) is 24.0 Å². The number of rotatable bonds is 3. The maximum atomic E-state index is 12.9. The van der Waals surface area contributed by atoms with Crippen molar-refractivity contribution in [2.45, 2.75) is 0 Å². The minimum absolute atomic E-state index is 0.0480. The molecule has 0 unspecified atom stereocenters. The third-order valence-electron chi connectivity index (χ3n) is 2.56. The Morgan fingerprint density at radius 2 is 2.00 bits per heavy atom. The first kappa shape index (κ1) is 13.1. The van der Waals surface area contributed by atoms with Crippen molar-refractivity contribution in [1.82, 2.24) is 4.31 Å². The van der Waals surface area contributed by atoms with Crippen LogP contribution in [0.25, 0.3) is 0 Å². The van der Waals surface area contributed by atoms with Crippen LogP contribution >= 0.6 is 0 Å². The molecule has 8 heteroatoms. The molecule has 1 saturated heterocycles. The molecule has 0 aromatic heterocycles. The van der Waals surface area contributed by atoms with Crippen LogP contribution in [0.3, 0.4) is 0 Å². The summed E-state index contributed by atoms with van der Waals surface area (Å²) in [6, 6.07) is 3.51. The zero-order valence-corrected chi connectivity index (χ0v) is 10.4. The molecule has 1 fully saturated rings. The number of nitrogen functional groups attached to an aromatic ring is 1. The third kappa shape index (κ3) is 2.89. The number of benzene rings is 1. The molecule has 0 radical (unpaired) electrons. The molecule has 0 amide bonds. The molecule has 3 N–H and O–H groups in total. The lowest BCUT2D eigenvalue weighted by molar-refractivity contribution is 0.0733. The van der Waals surface area contributed by atoms with Crippen LogP contribution in [0.15, 0.2) is 18.2 Å².